The van der Waals surface area contributed by atoms with E-state index >= 15 is 0 Å². The molecule has 2 rings (SSSR count). The Morgan fingerprint density at radius 3 is 2.15 bits per heavy atom. The molecule has 1 aliphatic rings. The highest BCUT2D eigenvalue weighted by Crippen LogP contribution is 2.37. The average Bonchev–Trinajstić information content (AvgIpc) is 2.76. The summed E-state index contributed by atoms with van der Waals surface area (Å²) in [5.74, 6) is 1.50. The largest absolute Gasteiger partial charge is 0.496 e. The third-order valence-electron chi connectivity index (χ3n) is 2.67. The first-order valence-electron chi connectivity index (χ1n) is 5.64. The van der Waals surface area contributed by atoms with Crippen molar-refractivity contribution in [2.45, 2.75) is 0 Å². The molecular formula is C13H13NO4S2. The molecule has 1 fully saturated rings. The summed E-state index contributed by atoms with van der Waals surface area (Å²) in [6.45, 7) is 0. The smallest absolute Gasteiger partial charge is 0.263 e. The second-order valence-electron chi connectivity index (χ2n) is 3.80. The van der Waals surface area contributed by atoms with E-state index in [-0.39, 0.29) is 5.91 Å². The summed E-state index contributed by atoms with van der Waals surface area (Å²) in [4.78, 5) is 12.2. The Hall–Kier alpha value is -1.73. The van der Waals surface area contributed by atoms with E-state index in [9.17, 15) is 4.79 Å². The van der Waals surface area contributed by atoms with Gasteiger partial charge in [0.15, 0.2) is 0 Å². The zero-order valence-corrected chi connectivity index (χ0v) is 12.8. The van der Waals surface area contributed by atoms with Crippen molar-refractivity contribution in [1.82, 2.24) is 5.32 Å². The normalized spacial score (nSPS) is 16.2. The molecule has 1 aromatic rings. The number of benzene rings is 1. The van der Waals surface area contributed by atoms with Gasteiger partial charge in [0.05, 0.1) is 31.8 Å². The van der Waals surface area contributed by atoms with Crippen molar-refractivity contribution >= 4 is 40.3 Å². The fraction of sp³-hybridized carbons (Fsp3) is 0.231. The van der Waals surface area contributed by atoms with Crippen molar-refractivity contribution in [1.29, 1.82) is 0 Å². The Labute approximate surface area is 126 Å². The number of methoxy groups -OCH3 is 3. The van der Waals surface area contributed by atoms with E-state index in [0.29, 0.717) is 32.0 Å². The number of hydrogen-bond donors (Lipinski definition) is 1. The molecule has 1 heterocycles. The fourth-order valence-electron chi connectivity index (χ4n) is 1.73. The van der Waals surface area contributed by atoms with E-state index in [4.69, 9.17) is 26.4 Å². The van der Waals surface area contributed by atoms with Gasteiger partial charge in [-0.05, 0) is 6.08 Å². The number of amides is 1. The van der Waals surface area contributed by atoms with Gasteiger partial charge in [-0.25, -0.2) is 0 Å². The van der Waals surface area contributed by atoms with Crippen molar-refractivity contribution in [3.63, 3.8) is 0 Å². The van der Waals surface area contributed by atoms with Crippen molar-refractivity contribution in [2.24, 2.45) is 0 Å². The van der Waals surface area contributed by atoms with Crippen LogP contribution in [0.25, 0.3) is 6.08 Å². The quantitative estimate of drug-likeness (QED) is 0.679. The zero-order valence-electron chi connectivity index (χ0n) is 11.2. The summed E-state index contributed by atoms with van der Waals surface area (Å²) in [6.07, 6.45) is 1.69. The van der Waals surface area contributed by atoms with E-state index in [1.807, 2.05) is 0 Å². The van der Waals surface area contributed by atoms with Gasteiger partial charge < -0.3 is 19.5 Å². The summed E-state index contributed by atoms with van der Waals surface area (Å²) >= 11 is 6.17. The van der Waals surface area contributed by atoms with Gasteiger partial charge in [0.1, 0.15) is 21.6 Å². The molecule has 5 nitrogen and oxygen atoms in total. The molecule has 1 amide bonds. The molecule has 0 atom stereocenters. The second kappa shape index (κ2) is 6.15. The fourth-order valence-corrected chi connectivity index (χ4v) is 2.75. The second-order valence-corrected chi connectivity index (χ2v) is 5.52. The molecular weight excluding hydrogens is 298 g/mol. The average molecular weight is 311 g/mol. The Balaban J connectivity index is 2.52. The number of hydrogen-bond acceptors (Lipinski definition) is 6. The van der Waals surface area contributed by atoms with Crippen molar-refractivity contribution in [2.75, 3.05) is 21.3 Å². The molecule has 0 radical (unpaired) electrons. The van der Waals surface area contributed by atoms with E-state index in [2.05, 4.69) is 5.32 Å². The highest BCUT2D eigenvalue weighted by molar-refractivity contribution is 8.26. The third kappa shape index (κ3) is 2.88. The number of carbonyl (C=O) groups is 1. The Morgan fingerprint density at radius 2 is 1.75 bits per heavy atom. The van der Waals surface area contributed by atoms with E-state index < -0.39 is 0 Å². The van der Waals surface area contributed by atoms with Crippen LogP contribution in [-0.4, -0.2) is 31.6 Å². The van der Waals surface area contributed by atoms with Gasteiger partial charge in [-0.1, -0.05) is 24.0 Å². The number of carbonyl (C=O) groups excluding carboxylic acids is 1. The highest BCUT2D eigenvalue weighted by Gasteiger charge is 2.23. The van der Waals surface area contributed by atoms with Crippen LogP contribution in [0.3, 0.4) is 0 Å². The van der Waals surface area contributed by atoms with Crippen LogP contribution in [0.4, 0.5) is 0 Å². The number of thioether (sulfide) groups is 1. The lowest BCUT2D eigenvalue weighted by Crippen LogP contribution is -2.17. The minimum atomic E-state index is -0.222. The molecule has 106 valence electrons. The molecule has 0 aromatic heterocycles. The summed E-state index contributed by atoms with van der Waals surface area (Å²) in [5.41, 5.74) is 0.665. The van der Waals surface area contributed by atoms with Gasteiger partial charge in [0.25, 0.3) is 5.91 Å². The van der Waals surface area contributed by atoms with Crippen LogP contribution in [0.15, 0.2) is 17.0 Å². The maximum Gasteiger partial charge on any atom is 0.263 e. The zero-order chi connectivity index (χ0) is 14.7. The topological polar surface area (TPSA) is 56.8 Å². The monoisotopic (exact) mass is 311 g/mol. The van der Waals surface area contributed by atoms with Gasteiger partial charge >= 0.3 is 0 Å². The summed E-state index contributed by atoms with van der Waals surface area (Å²) < 4.78 is 16.3. The molecule has 1 aromatic carbocycles. The number of ether oxygens (including phenoxy) is 3. The standard InChI is InChI=1S/C13H13NO4S2/c1-16-7-4-9(17-2)8(10(5-7)18-3)6-11-12(15)14-13(19)20-11/h4-6H,1-3H3,(H,14,15,19). The van der Waals surface area contributed by atoms with Gasteiger partial charge in [0.2, 0.25) is 0 Å². The van der Waals surface area contributed by atoms with Crippen LogP contribution in [0.2, 0.25) is 0 Å². The summed E-state index contributed by atoms with van der Waals surface area (Å²) in [7, 11) is 4.65. The van der Waals surface area contributed by atoms with Crippen molar-refractivity contribution in [3.8, 4) is 17.2 Å². The molecule has 1 N–H and O–H groups in total. The van der Waals surface area contributed by atoms with Gasteiger partial charge in [-0.15, -0.1) is 0 Å². The van der Waals surface area contributed by atoms with E-state index in [1.54, 1.807) is 39.5 Å². The van der Waals surface area contributed by atoms with Crippen molar-refractivity contribution < 1.29 is 19.0 Å². The van der Waals surface area contributed by atoms with Gasteiger partial charge in [-0.3, -0.25) is 4.79 Å². The molecule has 0 saturated carbocycles. The first-order chi connectivity index (χ1) is 9.58. The molecule has 20 heavy (non-hydrogen) atoms. The van der Waals surface area contributed by atoms with Crippen molar-refractivity contribution in [3.05, 3.63) is 22.6 Å². The molecule has 1 saturated heterocycles. The maximum absolute atomic E-state index is 11.7. The Morgan fingerprint density at radius 1 is 1.15 bits per heavy atom. The summed E-state index contributed by atoms with van der Waals surface area (Å²) in [6, 6.07) is 3.45. The molecule has 7 heteroatoms. The predicted molar refractivity (Wildman–Crippen MR) is 82.4 cm³/mol. The number of thiocarbonyl (C=S) groups is 1. The first kappa shape index (κ1) is 14.7. The molecule has 0 spiro atoms. The third-order valence-corrected chi connectivity index (χ3v) is 3.83. The van der Waals surface area contributed by atoms with E-state index in [0.717, 1.165) is 0 Å². The summed E-state index contributed by atoms with van der Waals surface area (Å²) in [5, 5.41) is 2.57. The number of nitrogens with one attached hydrogen (secondary N) is 1. The molecule has 1 aliphatic heterocycles. The van der Waals surface area contributed by atoms with Gasteiger partial charge in [0, 0.05) is 12.1 Å². The van der Waals surface area contributed by atoms with Crippen LogP contribution < -0.4 is 19.5 Å². The molecule has 0 unspecified atom stereocenters. The van der Waals surface area contributed by atoms with E-state index in [1.165, 1.54) is 11.8 Å². The first-order valence-corrected chi connectivity index (χ1v) is 6.86. The van der Waals surface area contributed by atoms with Gasteiger partial charge in [-0.2, -0.15) is 0 Å². The lowest BCUT2D eigenvalue weighted by atomic mass is 10.1. The maximum atomic E-state index is 11.7. The predicted octanol–water partition coefficient (Wildman–Crippen LogP) is 2.20. The molecule has 0 aliphatic carbocycles. The number of rotatable bonds is 4. The van der Waals surface area contributed by atoms with Crippen LogP contribution in [-0.2, 0) is 4.79 Å². The van der Waals surface area contributed by atoms with Crippen LogP contribution in [0, 0.1) is 0 Å². The minimum Gasteiger partial charge on any atom is -0.496 e. The Bertz CT molecular complexity index is 573. The Kier molecular flexibility index (Phi) is 4.51. The highest BCUT2D eigenvalue weighted by atomic mass is 32.2. The lowest BCUT2D eigenvalue weighted by molar-refractivity contribution is -0.115. The van der Waals surface area contributed by atoms with Crippen LogP contribution in [0.1, 0.15) is 5.56 Å². The van der Waals surface area contributed by atoms with Crippen LogP contribution in [0.5, 0.6) is 17.2 Å². The van der Waals surface area contributed by atoms with Crippen LogP contribution >= 0.6 is 24.0 Å². The SMILES string of the molecule is COc1cc(OC)c(C=C2SC(=S)NC2=O)c(OC)c1. The molecule has 0 bridgehead atoms. The lowest BCUT2D eigenvalue weighted by Gasteiger charge is -2.12. The minimum absolute atomic E-state index is 0.222.